The largest absolute Gasteiger partial charge is 0.369 e. The lowest BCUT2D eigenvalue weighted by atomic mass is 10.1. The van der Waals surface area contributed by atoms with Crippen molar-refractivity contribution in [2.75, 3.05) is 36.4 Å². The lowest BCUT2D eigenvalue weighted by Gasteiger charge is -2.36. The number of rotatable bonds is 6. The van der Waals surface area contributed by atoms with Gasteiger partial charge in [0, 0.05) is 61.3 Å². The van der Waals surface area contributed by atoms with Crippen molar-refractivity contribution in [3.8, 4) is 0 Å². The summed E-state index contributed by atoms with van der Waals surface area (Å²) in [5.74, 6) is -0.630. The number of carbonyl (C=O) groups excluding carboxylic acids is 1. The van der Waals surface area contributed by atoms with Crippen LogP contribution in [0, 0.1) is 15.9 Å². The Morgan fingerprint density at radius 2 is 1.73 bits per heavy atom. The number of nitrogens with zero attached hydrogens (tertiary/aromatic N) is 3. The maximum absolute atomic E-state index is 13.9. The molecule has 1 aliphatic heterocycles. The van der Waals surface area contributed by atoms with Crippen LogP contribution in [0.25, 0.3) is 0 Å². The van der Waals surface area contributed by atoms with E-state index >= 15 is 0 Å². The molecule has 0 saturated carbocycles. The van der Waals surface area contributed by atoms with Crippen LogP contribution < -0.4 is 10.2 Å². The second-order valence-electron chi connectivity index (χ2n) is 7.78. The summed E-state index contributed by atoms with van der Waals surface area (Å²) >= 11 is 5.81. The number of piperazine rings is 1. The van der Waals surface area contributed by atoms with Crippen LogP contribution in [-0.2, 0) is 6.54 Å². The minimum absolute atomic E-state index is 0.0186. The highest BCUT2D eigenvalue weighted by atomic mass is 35.5. The zero-order valence-corrected chi connectivity index (χ0v) is 18.5. The first-order chi connectivity index (χ1) is 15.9. The molecule has 1 aliphatic rings. The predicted molar refractivity (Wildman–Crippen MR) is 126 cm³/mol. The fourth-order valence-corrected chi connectivity index (χ4v) is 3.97. The predicted octanol–water partition coefficient (Wildman–Crippen LogP) is 4.96. The first-order valence-corrected chi connectivity index (χ1v) is 10.8. The van der Waals surface area contributed by atoms with Gasteiger partial charge in [0.05, 0.1) is 4.92 Å². The van der Waals surface area contributed by atoms with E-state index in [-0.39, 0.29) is 22.1 Å². The topological polar surface area (TPSA) is 78.7 Å². The lowest BCUT2D eigenvalue weighted by Crippen LogP contribution is -2.46. The lowest BCUT2D eigenvalue weighted by molar-refractivity contribution is -0.384. The smallest absolute Gasteiger partial charge is 0.288 e. The third-order valence-corrected chi connectivity index (χ3v) is 5.94. The van der Waals surface area contributed by atoms with E-state index in [1.807, 2.05) is 24.3 Å². The van der Waals surface area contributed by atoms with Gasteiger partial charge >= 0.3 is 0 Å². The minimum Gasteiger partial charge on any atom is -0.369 e. The van der Waals surface area contributed by atoms with Crippen LogP contribution in [0.5, 0.6) is 0 Å². The highest BCUT2D eigenvalue weighted by Crippen LogP contribution is 2.26. The van der Waals surface area contributed by atoms with Crippen LogP contribution in [-0.4, -0.2) is 41.9 Å². The van der Waals surface area contributed by atoms with Gasteiger partial charge in [-0.15, -0.1) is 0 Å². The molecule has 3 aromatic rings. The summed E-state index contributed by atoms with van der Waals surface area (Å²) in [5.41, 5.74) is 2.16. The van der Waals surface area contributed by atoms with Gasteiger partial charge in [0.1, 0.15) is 10.8 Å². The van der Waals surface area contributed by atoms with Crippen molar-refractivity contribution in [2.24, 2.45) is 0 Å². The molecule has 170 valence electrons. The molecule has 1 fully saturated rings. The first-order valence-electron chi connectivity index (χ1n) is 10.5. The van der Waals surface area contributed by atoms with Crippen LogP contribution >= 0.6 is 11.6 Å². The van der Waals surface area contributed by atoms with E-state index in [1.54, 1.807) is 18.2 Å². The molecule has 33 heavy (non-hydrogen) atoms. The molecule has 0 unspecified atom stereocenters. The molecule has 0 aliphatic carbocycles. The van der Waals surface area contributed by atoms with Crippen molar-refractivity contribution in [2.45, 2.75) is 6.54 Å². The van der Waals surface area contributed by atoms with Gasteiger partial charge in [0.25, 0.3) is 11.6 Å². The quantitative estimate of drug-likeness (QED) is 0.408. The molecule has 1 saturated heterocycles. The molecule has 1 N–H and O–H groups in total. The van der Waals surface area contributed by atoms with E-state index < -0.39 is 10.8 Å². The van der Waals surface area contributed by atoms with Gasteiger partial charge in [-0.3, -0.25) is 19.8 Å². The summed E-state index contributed by atoms with van der Waals surface area (Å²) < 4.78 is 13.9. The Kier molecular flexibility index (Phi) is 6.86. The molecule has 7 nitrogen and oxygen atoms in total. The number of anilines is 2. The van der Waals surface area contributed by atoms with E-state index in [1.165, 1.54) is 18.2 Å². The van der Waals surface area contributed by atoms with Gasteiger partial charge in [-0.05, 0) is 42.5 Å². The molecule has 0 radical (unpaired) electrons. The van der Waals surface area contributed by atoms with E-state index in [0.717, 1.165) is 37.9 Å². The fourth-order valence-electron chi connectivity index (χ4n) is 3.78. The molecular weight excluding hydrogens is 447 g/mol. The van der Waals surface area contributed by atoms with Crippen LogP contribution in [0.15, 0.2) is 66.7 Å². The third-order valence-electron chi connectivity index (χ3n) is 5.62. The van der Waals surface area contributed by atoms with Gasteiger partial charge in [-0.1, -0.05) is 29.8 Å². The molecule has 3 aromatic carbocycles. The zero-order chi connectivity index (χ0) is 23.4. The van der Waals surface area contributed by atoms with Crippen LogP contribution in [0.1, 0.15) is 15.9 Å². The van der Waals surface area contributed by atoms with Crippen LogP contribution in [0.3, 0.4) is 0 Å². The number of nitro benzene ring substituents is 1. The Morgan fingerprint density at radius 3 is 2.39 bits per heavy atom. The number of halogens is 2. The fraction of sp³-hybridized carbons (Fsp3) is 0.208. The Hall–Kier alpha value is -3.49. The molecule has 0 bridgehead atoms. The summed E-state index contributed by atoms with van der Waals surface area (Å²) in [6, 6.07) is 18.2. The van der Waals surface area contributed by atoms with Crippen LogP contribution in [0.2, 0.25) is 5.02 Å². The summed E-state index contributed by atoms with van der Waals surface area (Å²) in [6.45, 7) is 3.86. The molecule has 1 heterocycles. The summed E-state index contributed by atoms with van der Waals surface area (Å²) in [5, 5.41) is 13.8. The Balaban J connectivity index is 1.33. The maximum atomic E-state index is 13.9. The normalized spacial score (nSPS) is 14.2. The van der Waals surface area contributed by atoms with Crippen molar-refractivity contribution >= 4 is 34.6 Å². The Morgan fingerprint density at radius 1 is 1.03 bits per heavy atom. The van der Waals surface area contributed by atoms with E-state index in [0.29, 0.717) is 17.8 Å². The summed E-state index contributed by atoms with van der Waals surface area (Å²) in [6.07, 6.45) is 0. The SMILES string of the molecule is O=C(Nc1ccc(N2CCN(Cc3ccccc3F)CC2)cc1)c1ccc(Cl)c([N+](=O)[O-])c1. The van der Waals surface area contributed by atoms with Crippen LogP contribution in [0.4, 0.5) is 21.5 Å². The zero-order valence-electron chi connectivity index (χ0n) is 17.7. The number of nitrogens with one attached hydrogen (secondary N) is 1. The third kappa shape index (κ3) is 5.47. The first kappa shape index (κ1) is 22.7. The van der Waals surface area contributed by atoms with E-state index in [4.69, 9.17) is 11.6 Å². The number of benzene rings is 3. The number of nitro groups is 1. The molecule has 0 atom stereocenters. The highest BCUT2D eigenvalue weighted by Gasteiger charge is 2.19. The van der Waals surface area contributed by atoms with Gasteiger partial charge < -0.3 is 10.2 Å². The Labute approximate surface area is 195 Å². The monoisotopic (exact) mass is 468 g/mol. The summed E-state index contributed by atoms with van der Waals surface area (Å²) in [7, 11) is 0. The average molecular weight is 469 g/mol. The van der Waals surface area contributed by atoms with Crippen molar-refractivity contribution in [3.63, 3.8) is 0 Å². The molecule has 0 spiro atoms. The maximum Gasteiger partial charge on any atom is 0.288 e. The summed E-state index contributed by atoms with van der Waals surface area (Å²) in [4.78, 5) is 27.4. The van der Waals surface area contributed by atoms with Gasteiger partial charge in [-0.25, -0.2) is 4.39 Å². The second kappa shape index (κ2) is 9.97. The molecule has 1 amide bonds. The standard InChI is InChI=1S/C24H22ClFN4O3/c25-21-10-5-17(15-23(21)30(32)33)24(31)27-19-6-8-20(9-7-19)29-13-11-28(12-14-29)16-18-3-1-2-4-22(18)26/h1-10,15H,11-14,16H2,(H,27,31). The van der Waals surface area contributed by atoms with Crippen molar-refractivity contribution < 1.29 is 14.1 Å². The van der Waals surface area contributed by atoms with Gasteiger partial charge in [-0.2, -0.15) is 0 Å². The van der Waals surface area contributed by atoms with E-state index in [9.17, 15) is 19.3 Å². The van der Waals surface area contributed by atoms with Crippen molar-refractivity contribution in [3.05, 3.63) is 98.8 Å². The highest BCUT2D eigenvalue weighted by molar-refractivity contribution is 6.32. The van der Waals surface area contributed by atoms with Gasteiger partial charge in [0.15, 0.2) is 0 Å². The average Bonchev–Trinajstić information content (AvgIpc) is 2.82. The number of hydrogen-bond donors (Lipinski definition) is 1. The molecule has 9 heteroatoms. The molecule has 4 rings (SSSR count). The molecular formula is C24H22ClFN4O3. The van der Waals surface area contributed by atoms with Crippen molar-refractivity contribution in [1.82, 2.24) is 4.90 Å². The van der Waals surface area contributed by atoms with E-state index in [2.05, 4.69) is 15.1 Å². The Bertz CT molecular complexity index is 1160. The number of amides is 1. The molecule has 0 aromatic heterocycles. The minimum atomic E-state index is -0.621. The van der Waals surface area contributed by atoms with Gasteiger partial charge in [0.2, 0.25) is 0 Å². The second-order valence-corrected chi connectivity index (χ2v) is 8.19. The number of hydrogen-bond acceptors (Lipinski definition) is 5. The van der Waals surface area contributed by atoms with Crippen molar-refractivity contribution in [1.29, 1.82) is 0 Å². The number of carbonyl (C=O) groups is 1.